The van der Waals surface area contributed by atoms with Crippen LogP contribution in [0.2, 0.25) is 0 Å². The second kappa shape index (κ2) is 7.74. The molecule has 0 saturated heterocycles. The van der Waals surface area contributed by atoms with E-state index in [1.165, 1.54) is 24.8 Å². The van der Waals surface area contributed by atoms with Gasteiger partial charge in [0, 0.05) is 6.07 Å². The highest BCUT2D eigenvalue weighted by Gasteiger charge is 2.14. The van der Waals surface area contributed by atoms with Crippen LogP contribution in [0.4, 0.5) is 0 Å². The molecule has 0 amide bonds. The zero-order valence-electron chi connectivity index (χ0n) is 12.4. The van der Waals surface area contributed by atoms with Crippen LogP contribution in [0.1, 0.15) is 51.0 Å². The number of unbranched alkanes of at least 4 members (excludes halogenated alkanes) is 1. The fraction of sp³-hybridized carbons (Fsp3) is 0.368. The fourth-order valence-electron chi connectivity index (χ4n) is 2.50. The van der Waals surface area contributed by atoms with E-state index < -0.39 is 0 Å². The SMILES string of the molecule is CCCCC(CC)c1ccccc1Oc1[c]cccc1. The molecular weight excluding hydrogens is 244 g/mol. The summed E-state index contributed by atoms with van der Waals surface area (Å²) in [7, 11) is 0. The van der Waals surface area contributed by atoms with Crippen molar-refractivity contribution in [3.05, 3.63) is 60.2 Å². The third-order valence-corrected chi connectivity index (χ3v) is 3.66. The lowest BCUT2D eigenvalue weighted by molar-refractivity contribution is 0.460. The Balaban J connectivity index is 2.20. The van der Waals surface area contributed by atoms with Crippen molar-refractivity contribution in [2.75, 3.05) is 0 Å². The topological polar surface area (TPSA) is 9.23 Å². The second-order valence-electron chi connectivity index (χ2n) is 5.11. The van der Waals surface area contributed by atoms with Crippen LogP contribution in [-0.4, -0.2) is 0 Å². The molecule has 20 heavy (non-hydrogen) atoms. The predicted molar refractivity (Wildman–Crippen MR) is 84.4 cm³/mol. The minimum absolute atomic E-state index is 0.579. The molecule has 1 nitrogen and oxygen atoms in total. The largest absolute Gasteiger partial charge is 0.456 e. The minimum Gasteiger partial charge on any atom is -0.456 e. The number of hydrogen-bond donors (Lipinski definition) is 0. The van der Waals surface area contributed by atoms with Crippen molar-refractivity contribution in [1.29, 1.82) is 0 Å². The quantitative estimate of drug-likeness (QED) is 0.601. The van der Waals surface area contributed by atoms with Crippen LogP contribution in [0, 0.1) is 6.07 Å². The molecule has 0 saturated carbocycles. The molecule has 0 spiro atoms. The van der Waals surface area contributed by atoms with Gasteiger partial charge in [-0.05, 0) is 36.5 Å². The van der Waals surface area contributed by atoms with Gasteiger partial charge in [0.05, 0.1) is 0 Å². The average Bonchev–Trinajstić information content (AvgIpc) is 2.50. The third kappa shape index (κ3) is 3.86. The highest BCUT2D eigenvalue weighted by Crippen LogP contribution is 2.34. The van der Waals surface area contributed by atoms with Gasteiger partial charge in [-0.2, -0.15) is 0 Å². The monoisotopic (exact) mass is 267 g/mol. The highest BCUT2D eigenvalue weighted by molar-refractivity contribution is 5.39. The van der Waals surface area contributed by atoms with Crippen molar-refractivity contribution in [3.8, 4) is 11.5 Å². The summed E-state index contributed by atoms with van der Waals surface area (Å²) in [5.74, 6) is 2.33. The molecule has 2 aromatic carbocycles. The first-order chi connectivity index (χ1) is 9.85. The summed E-state index contributed by atoms with van der Waals surface area (Å²) in [6.07, 6.45) is 4.89. The Morgan fingerprint density at radius 2 is 1.85 bits per heavy atom. The van der Waals surface area contributed by atoms with Crippen molar-refractivity contribution >= 4 is 0 Å². The van der Waals surface area contributed by atoms with E-state index in [0.717, 1.165) is 17.9 Å². The molecule has 0 heterocycles. The first kappa shape index (κ1) is 14.6. The Hall–Kier alpha value is -1.76. The Bertz CT molecular complexity index is 504. The molecule has 0 aliphatic rings. The Kier molecular flexibility index (Phi) is 5.67. The molecule has 0 aromatic heterocycles. The number of para-hydroxylation sites is 2. The van der Waals surface area contributed by atoms with Crippen molar-refractivity contribution in [2.45, 2.75) is 45.4 Å². The van der Waals surface area contributed by atoms with Gasteiger partial charge >= 0.3 is 0 Å². The first-order valence-corrected chi connectivity index (χ1v) is 7.58. The molecule has 0 bridgehead atoms. The van der Waals surface area contributed by atoms with E-state index in [-0.39, 0.29) is 0 Å². The standard InChI is InChI=1S/C19H23O/c1-3-5-11-16(4-2)18-14-9-10-15-19(18)20-17-12-7-6-8-13-17/h6-10,12,14-16H,3-5,11H2,1-2H3. The molecule has 1 atom stereocenters. The Morgan fingerprint density at radius 3 is 2.55 bits per heavy atom. The Labute approximate surface area is 122 Å². The van der Waals surface area contributed by atoms with E-state index in [0.29, 0.717) is 5.92 Å². The maximum absolute atomic E-state index is 6.02. The van der Waals surface area contributed by atoms with Gasteiger partial charge in [0.2, 0.25) is 0 Å². The molecule has 105 valence electrons. The van der Waals surface area contributed by atoms with E-state index >= 15 is 0 Å². The van der Waals surface area contributed by atoms with E-state index in [1.807, 2.05) is 30.3 Å². The summed E-state index contributed by atoms with van der Waals surface area (Å²) >= 11 is 0. The molecule has 0 N–H and O–H groups in total. The van der Waals surface area contributed by atoms with Gasteiger partial charge in [0.1, 0.15) is 11.5 Å². The number of hydrogen-bond acceptors (Lipinski definition) is 1. The molecule has 1 radical (unpaired) electrons. The van der Waals surface area contributed by atoms with Crippen LogP contribution >= 0.6 is 0 Å². The maximum atomic E-state index is 6.02. The van der Waals surface area contributed by atoms with Crippen LogP contribution in [0.25, 0.3) is 0 Å². The summed E-state index contributed by atoms with van der Waals surface area (Å²) in [6.45, 7) is 4.50. The molecule has 1 heteroatoms. The lowest BCUT2D eigenvalue weighted by atomic mass is 9.90. The van der Waals surface area contributed by atoms with Gasteiger partial charge in [-0.25, -0.2) is 0 Å². The van der Waals surface area contributed by atoms with Crippen LogP contribution in [0.15, 0.2) is 48.5 Å². The predicted octanol–water partition coefficient (Wildman–Crippen LogP) is 5.96. The van der Waals surface area contributed by atoms with E-state index in [9.17, 15) is 0 Å². The first-order valence-electron chi connectivity index (χ1n) is 7.58. The van der Waals surface area contributed by atoms with Gasteiger partial charge < -0.3 is 4.74 Å². The fourth-order valence-corrected chi connectivity index (χ4v) is 2.50. The van der Waals surface area contributed by atoms with Crippen LogP contribution < -0.4 is 4.74 Å². The normalized spacial score (nSPS) is 12.1. The number of benzene rings is 2. The molecule has 0 aliphatic carbocycles. The van der Waals surface area contributed by atoms with Gasteiger partial charge in [-0.1, -0.05) is 63.1 Å². The molecule has 2 rings (SSSR count). The Morgan fingerprint density at radius 1 is 1.05 bits per heavy atom. The van der Waals surface area contributed by atoms with Gasteiger partial charge in [-0.15, -0.1) is 0 Å². The van der Waals surface area contributed by atoms with Crippen molar-refractivity contribution in [1.82, 2.24) is 0 Å². The lowest BCUT2D eigenvalue weighted by Crippen LogP contribution is -2.00. The maximum Gasteiger partial charge on any atom is 0.135 e. The molecule has 0 fully saturated rings. The second-order valence-corrected chi connectivity index (χ2v) is 5.11. The number of ether oxygens (including phenoxy) is 1. The lowest BCUT2D eigenvalue weighted by Gasteiger charge is -2.19. The van der Waals surface area contributed by atoms with E-state index in [4.69, 9.17) is 4.74 Å². The van der Waals surface area contributed by atoms with Gasteiger partial charge in [-0.3, -0.25) is 0 Å². The van der Waals surface area contributed by atoms with Crippen molar-refractivity contribution in [2.24, 2.45) is 0 Å². The van der Waals surface area contributed by atoms with Crippen molar-refractivity contribution in [3.63, 3.8) is 0 Å². The molecule has 0 aliphatic heterocycles. The minimum atomic E-state index is 0.579. The summed E-state index contributed by atoms with van der Waals surface area (Å²) < 4.78 is 6.02. The van der Waals surface area contributed by atoms with Crippen LogP contribution in [0.5, 0.6) is 11.5 Å². The van der Waals surface area contributed by atoms with E-state index in [1.54, 1.807) is 0 Å². The van der Waals surface area contributed by atoms with Crippen LogP contribution in [0.3, 0.4) is 0 Å². The van der Waals surface area contributed by atoms with Crippen molar-refractivity contribution < 1.29 is 4.74 Å². The van der Waals surface area contributed by atoms with Gasteiger partial charge in [0.25, 0.3) is 0 Å². The molecule has 1 unspecified atom stereocenters. The smallest absolute Gasteiger partial charge is 0.135 e. The van der Waals surface area contributed by atoms with Crippen LogP contribution in [-0.2, 0) is 0 Å². The molecule has 2 aromatic rings. The zero-order chi connectivity index (χ0) is 14.2. The number of rotatable bonds is 7. The summed E-state index contributed by atoms with van der Waals surface area (Å²) in [5.41, 5.74) is 1.32. The summed E-state index contributed by atoms with van der Waals surface area (Å²) in [6, 6.07) is 19.3. The van der Waals surface area contributed by atoms with Gasteiger partial charge in [0.15, 0.2) is 0 Å². The van der Waals surface area contributed by atoms with E-state index in [2.05, 4.69) is 38.1 Å². The molecular formula is C19H23O. The average molecular weight is 267 g/mol. The highest BCUT2D eigenvalue weighted by atomic mass is 16.5. The zero-order valence-corrected chi connectivity index (χ0v) is 12.4. The summed E-state index contributed by atoms with van der Waals surface area (Å²) in [4.78, 5) is 0. The summed E-state index contributed by atoms with van der Waals surface area (Å²) in [5, 5.41) is 0. The third-order valence-electron chi connectivity index (χ3n) is 3.66.